The number of nitro groups is 1. The summed E-state index contributed by atoms with van der Waals surface area (Å²) >= 11 is 3.38. The van der Waals surface area contributed by atoms with Gasteiger partial charge in [0.05, 0.1) is 15.5 Å². The molecule has 0 aliphatic heterocycles. The zero-order valence-electron chi connectivity index (χ0n) is 22.4. The number of hydrogen-bond acceptors (Lipinski definition) is 6. The van der Waals surface area contributed by atoms with Gasteiger partial charge < -0.3 is 10.2 Å². The van der Waals surface area contributed by atoms with Gasteiger partial charge in [0.25, 0.3) is 15.7 Å². The van der Waals surface area contributed by atoms with Crippen LogP contribution in [-0.2, 0) is 26.2 Å². The molecule has 2 atom stereocenters. The molecule has 3 aromatic rings. The topological polar surface area (TPSA) is 130 Å². The van der Waals surface area contributed by atoms with Crippen molar-refractivity contribution in [2.45, 2.75) is 50.7 Å². The van der Waals surface area contributed by atoms with Gasteiger partial charge in [-0.15, -0.1) is 0 Å². The average Bonchev–Trinajstić information content (AvgIpc) is 2.95. The van der Waals surface area contributed by atoms with E-state index in [0.29, 0.717) is 6.42 Å². The van der Waals surface area contributed by atoms with E-state index in [9.17, 15) is 28.1 Å². The van der Waals surface area contributed by atoms with E-state index >= 15 is 0 Å². The molecule has 3 aromatic carbocycles. The van der Waals surface area contributed by atoms with Crippen molar-refractivity contribution in [1.29, 1.82) is 0 Å². The Morgan fingerprint density at radius 3 is 2.12 bits per heavy atom. The van der Waals surface area contributed by atoms with E-state index in [1.165, 1.54) is 41.3 Å². The van der Waals surface area contributed by atoms with E-state index in [-0.39, 0.29) is 34.8 Å². The average molecular weight is 632 g/mol. The minimum Gasteiger partial charge on any atom is -0.352 e. The van der Waals surface area contributed by atoms with Crippen LogP contribution in [0.3, 0.4) is 0 Å². The smallest absolute Gasteiger partial charge is 0.269 e. The van der Waals surface area contributed by atoms with Crippen molar-refractivity contribution in [3.8, 4) is 0 Å². The molecule has 0 aliphatic carbocycles. The van der Waals surface area contributed by atoms with E-state index < -0.39 is 33.4 Å². The number of amides is 2. The summed E-state index contributed by atoms with van der Waals surface area (Å²) in [5.74, 6) is -0.986. The van der Waals surface area contributed by atoms with E-state index in [2.05, 4.69) is 21.2 Å². The van der Waals surface area contributed by atoms with Gasteiger partial charge in [0.15, 0.2) is 0 Å². The number of non-ortho nitro benzene ring substituents is 1. The number of halogens is 1. The Morgan fingerprint density at radius 1 is 0.975 bits per heavy atom. The minimum absolute atomic E-state index is 0.0526. The first-order valence-corrected chi connectivity index (χ1v) is 14.8. The maximum atomic E-state index is 13.9. The van der Waals surface area contributed by atoms with Crippen LogP contribution in [0.5, 0.6) is 0 Å². The fourth-order valence-electron chi connectivity index (χ4n) is 3.82. The molecule has 2 amide bonds. The number of sulfonamides is 1. The van der Waals surface area contributed by atoms with Crippen molar-refractivity contribution in [3.05, 3.63) is 99.0 Å². The zero-order valence-corrected chi connectivity index (χ0v) is 24.8. The van der Waals surface area contributed by atoms with E-state index in [1.807, 2.05) is 26.0 Å². The molecule has 0 spiro atoms. The molecule has 0 unspecified atom stereocenters. The van der Waals surface area contributed by atoms with Crippen LogP contribution in [0.2, 0.25) is 0 Å². The summed E-state index contributed by atoms with van der Waals surface area (Å²) in [5.41, 5.74) is 0.593. The molecule has 1 N–H and O–H groups in total. The van der Waals surface area contributed by atoms with Crippen LogP contribution in [0.15, 0.2) is 88.2 Å². The maximum Gasteiger partial charge on any atom is 0.269 e. The number of carbonyl (C=O) groups is 2. The molecular formula is C28H31BrN4O6S. The summed E-state index contributed by atoms with van der Waals surface area (Å²) in [6.45, 7) is 4.80. The number of anilines is 1. The number of carbonyl (C=O) groups excluding carboxylic acids is 2. The Morgan fingerprint density at radius 2 is 1.57 bits per heavy atom. The summed E-state index contributed by atoms with van der Waals surface area (Å²) in [5, 5.41) is 14.1. The number of nitrogens with one attached hydrogen (secondary N) is 1. The first-order valence-electron chi connectivity index (χ1n) is 12.6. The molecular weight excluding hydrogens is 600 g/mol. The zero-order chi connectivity index (χ0) is 29.4. The highest BCUT2D eigenvalue weighted by atomic mass is 79.9. The van der Waals surface area contributed by atoms with E-state index in [0.717, 1.165) is 14.3 Å². The third kappa shape index (κ3) is 7.66. The molecule has 0 radical (unpaired) electrons. The molecule has 0 saturated heterocycles. The molecule has 10 nitrogen and oxygen atoms in total. The second-order valence-corrected chi connectivity index (χ2v) is 12.0. The normalized spacial score (nSPS) is 12.7. The Hall–Kier alpha value is -3.77. The maximum absolute atomic E-state index is 13.9. The molecule has 0 bridgehead atoms. The molecule has 0 fully saturated rings. The van der Waals surface area contributed by atoms with E-state index in [4.69, 9.17) is 0 Å². The Bertz CT molecular complexity index is 1430. The summed E-state index contributed by atoms with van der Waals surface area (Å²) in [6, 6.07) is 18.7. The number of nitro benzene ring substituents is 1. The molecule has 0 aromatic heterocycles. The standard InChI is InChI=1S/C28H31BrN4O6S/c1-4-20(2)30-28(35)21(3)31(18-22-10-12-23(29)13-11-22)27(34)19-32(24-14-16-25(17-15-24)33(36)37)40(38,39)26-8-6-5-7-9-26/h5-17,20-21H,4,18-19H2,1-3H3,(H,30,35)/t20-,21-/m0/s1. The molecule has 212 valence electrons. The number of benzene rings is 3. The second-order valence-electron chi connectivity index (χ2n) is 9.24. The SMILES string of the molecule is CC[C@H](C)NC(=O)[C@H](C)N(Cc1ccc(Br)cc1)C(=O)CN(c1ccc([N+](=O)[O-])cc1)S(=O)(=O)c1ccccc1. The van der Waals surface area contributed by atoms with Crippen LogP contribution in [0, 0.1) is 10.1 Å². The molecule has 12 heteroatoms. The minimum atomic E-state index is -4.25. The lowest BCUT2D eigenvalue weighted by Crippen LogP contribution is -2.52. The van der Waals surface area contributed by atoms with Crippen LogP contribution in [0.25, 0.3) is 0 Å². The van der Waals surface area contributed by atoms with Crippen molar-refractivity contribution in [1.82, 2.24) is 10.2 Å². The predicted octanol–water partition coefficient (Wildman–Crippen LogP) is 4.88. The monoisotopic (exact) mass is 630 g/mol. The van der Waals surface area contributed by atoms with Crippen LogP contribution >= 0.6 is 15.9 Å². The lowest BCUT2D eigenvalue weighted by molar-refractivity contribution is -0.384. The Kier molecular flexibility index (Phi) is 10.4. The molecule has 0 saturated carbocycles. The van der Waals surface area contributed by atoms with Gasteiger partial charge in [-0.25, -0.2) is 8.42 Å². The lowest BCUT2D eigenvalue weighted by atomic mass is 10.1. The number of rotatable bonds is 12. The highest BCUT2D eigenvalue weighted by molar-refractivity contribution is 9.10. The molecule has 40 heavy (non-hydrogen) atoms. The predicted molar refractivity (Wildman–Crippen MR) is 156 cm³/mol. The molecule has 0 aliphatic rings. The number of nitrogens with zero attached hydrogens (tertiary/aromatic N) is 3. The third-order valence-electron chi connectivity index (χ3n) is 6.39. The van der Waals surface area contributed by atoms with Crippen molar-refractivity contribution in [2.24, 2.45) is 0 Å². The van der Waals surface area contributed by atoms with E-state index in [1.54, 1.807) is 37.3 Å². The Balaban J connectivity index is 2.02. The summed E-state index contributed by atoms with van der Waals surface area (Å²) < 4.78 is 29.2. The van der Waals surface area contributed by atoms with Gasteiger partial charge in [0, 0.05) is 29.2 Å². The van der Waals surface area contributed by atoms with Gasteiger partial charge in [-0.05, 0) is 62.2 Å². The van der Waals surface area contributed by atoms with Gasteiger partial charge in [-0.2, -0.15) is 0 Å². The fraction of sp³-hybridized carbons (Fsp3) is 0.286. The van der Waals surface area contributed by atoms with Gasteiger partial charge in [-0.1, -0.05) is 53.2 Å². The van der Waals surface area contributed by atoms with Crippen molar-refractivity contribution in [2.75, 3.05) is 10.8 Å². The largest absolute Gasteiger partial charge is 0.352 e. The third-order valence-corrected chi connectivity index (χ3v) is 8.71. The summed E-state index contributed by atoms with van der Waals surface area (Å²) in [6.07, 6.45) is 0.697. The van der Waals surface area contributed by atoms with Crippen LogP contribution < -0.4 is 9.62 Å². The quantitative estimate of drug-likeness (QED) is 0.224. The van der Waals surface area contributed by atoms with Crippen molar-refractivity contribution >= 4 is 49.1 Å². The van der Waals surface area contributed by atoms with Gasteiger partial charge in [-0.3, -0.25) is 24.0 Å². The summed E-state index contributed by atoms with van der Waals surface area (Å²) in [7, 11) is -4.25. The fourth-order valence-corrected chi connectivity index (χ4v) is 5.52. The second kappa shape index (κ2) is 13.5. The van der Waals surface area contributed by atoms with Crippen LogP contribution in [0.4, 0.5) is 11.4 Å². The lowest BCUT2D eigenvalue weighted by Gasteiger charge is -2.32. The highest BCUT2D eigenvalue weighted by Gasteiger charge is 2.33. The van der Waals surface area contributed by atoms with Crippen molar-refractivity contribution < 1.29 is 22.9 Å². The highest BCUT2D eigenvalue weighted by Crippen LogP contribution is 2.26. The number of hydrogen-bond donors (Lipinski definition) is 1. The molecule has 3 rings (SSSR count). The Labute approximate surface area is 242 Å². The molecule has 0 heterocycles. The van der Waals surface area contributed by atoms with Crippen molar-refractivity contribution in [3.63, 3.8) is 0 Å². The van der Waals surface area contributed by atoms with Gasteiger partial charge in [0.2, 0.25) is 11.8 Å². The first-order chi connectivity index (χ1) is 18.9. The van der Waals surface area contributed by atoms with Gasteiger partial charge >= 0.3 is 0 Å². The van der Waals surface area contributed by atoms with Crippen LogP contribution in [-0.4, -0.2) is 48.7 Å². The summed E-state index contributed by atoms with van der Waals surface area (Å²) in [4.78, 5) is 38.8. The van der Waals surface area contributed by atoms with Crippen LogP contribution in [0.1, 0.15) is 32.8 Å². The first kappa shape index (κ1) is 30.8. The van der Waals surface area contributed by atoms with Gasteiger partial charge in [0.1, 0.15) is 12.6 Å².